The van der Waals surface area contributed by atoms with Gasteiger partial charge in [0.15, 0.2) is 0 Å². The highest BCUT2D eigenvalue weighted by Gasteiger charge is 2.31. The molecule has 9 nitrogen and oxygen atoms in total. The first-order chi connectivity index (χ1) is 15.9. The van der Waals surface area contributed by atoms with Crippen molar-refractivity contribution in [3.63, 3.8) is 0 Å². The van der Waals surface area contributed by atoms with Gasteiger partial charge in [-0.15, -0.1) is 0 Å². The third-order valence-corrected chi connectivity index (χ3v) is 7.11. The smallest absolute Gasteiger partial charge is 0.257 e. The van der Waals surface area contributed by atoms with Gasteiger partial charge < -0.3 is 10.6 Å². The van der Waals surface area contributed by atoms with E-state index in [0.717, 1.165) is 11.3 Å². The monoisotopic (exact) mass is 459 g/mol. The molecule has 10 heteroatoms. The zero-order valence-corrected chi connectivity index (χ0v) is 17.9. The Balaban J connectivity index is 1.36. The molecule has 4 aromatic rings. The van der Waals surface area contributed by atoms with Crippen molar-refractivity contribution in [1.82, 2.24) is 20.3 Å². The van der Waals surface area contributed by atoms with Crippen LogP contribution < -0.4 is 10.6 Å². The van der Waals surface area contributed by atoms with Gasteiger partial charge in [-0.1, -0.05) is 24.3 Å². The summed E-state index contributed by atoms with van der Waals surface area (Å²) in [6, 6.07) is 17.5. The van der Waals surface area contributed by atoms with E-state index in [1.807, 2.05) is 24.3 Å². The quantitative estimate of drug-likeness (QED) is 0.484. The second-order valence-electron chi connectivity index (χ2n) is 7.33. The summed E-state index contributed by atoms with van der Waals surface area (Å²) in [4.78, 5) is 26.6. The molecule has 0 bridgehead atoms. The number of fused-ring (bicyclic) bond motifs is 2. The van der Waals surface area contributed by atoms with E-state index in [2.05, 4.69) is 20.8 Å². The zero-order valence-electron chi connectivity index (χ0n) is 17.1. The molecule has 1 aliphatic rings. The molecular weight excluding hydrogens is 442 g/mol. The minimum atomic E-state index is -3.92. The van der Waals surface area contributed by atoms with Gasteiger partial charge >= 0.3 is 0 Å². The average Bonchev–Trinajstić information content (AvgIpc) is 3.35. The molecule has 0 aliphatic carbocycles. The number of nitrogens with one attached hydrogen (secondary N) is 2. The van der Waals surface area contributed by atoms with Gasteiger partial charge in [-0.05, 0) is 48.0 Å². The van der Waals surface area contributed by atoms with Crippen molar-refractivity contribution in [2.45, 2.75) is 16.3 Å². The number of anilines is 1. The van der Waals surface area contributed by atoms with Crippen molar-refractivity contribution < 1.29 is 18.0 Å². The predicted molar refractivity (Wildman–Crippen MR) is 119 cm³/mol. The van der Waals surface area contributed by atoms with E-state index in [9.17, 15) is 18.0 Å². The van der Waals surface area contributed by atoms with Crippen LogP contribution in [0.15, 0.2) is 88.9 Å². The predicted octanol–water partition coefficient (Wildman–Crippen LogP) is 2.60. The first kappa shape index (κ1) is 20.6. The molecule has 0 atom stereocenters. The number of benzene rings is 3. The molecule has 164 valence electrons. The lowest BCUT2D eigenvalue weighted by molar-refractivity contribution is 0.0949. The molecule has 0 spiro atoms. The lowest BCUT2D eigenvalue weighted by Crippen LogP contribution is -2.23. The van der Waals surface area contributed by atoms with Gasteiger partial charge in [-0.2, -0.15) is 15.0 Å². The van der Waals surface area contributed by atoms with Gasteiger partial charge in [0.05, 0.1) is 39.1 Å². The highest BCUT2D eigenvalue weighted by atomic mass is 32.2. The Morgan fingerprint density at radius 1 is 0.939 bits per heavy atom. The van der Waals surface area contributed by atoms with Gasteiger partial charge in [0.1, 0.15) is 0 Å². The van der Waals surface area contributed by atoms with E-state index in [0.29, 0.717) is 0 Å². The first-order valence-corrected chi connectivity index (χ1v) is 11.5. The molecule has 1 aliphatic heterocycles. The molecule has 0 saturated heterocycles. The number of nitrogens with zero attached hydrogens (tertiary/aromatic N) is 3. The van der Waals surface area contributed by atoms with Crippen molar-refractivity contribution in [3.05, 3.63) is 95.8 Å². The summed E-state index contributed by atoms with van der Waals surface area (Å²) >= 11 is 0. The second-order valence-corrected chi connectivity index (χ2v) is 9.22. The number of aromatic nitrogens is 3. The van der Waals surface area contributed by atoms with Crippen molar-refractivity contribution in [2.24, 2.45) is 0 Å². The van der Waals surface area contributed by atoms with E-state index in [4.69, 9.17) is 0 Å². The van der Waals surface area contributed by atoms with Crippen molar-refractivity contribution in [3.8, 4) is 5.69 Å². The maximum atomic E-state index is 13.1. The molecule has 2 N–H and O–H groups in total. The number of hydrogen-bond donors (Lipinski definition) is 2. The molecule has 0 saturated carbocycles. The SMILES string of the molecule is O=C(NCc1ccc(-n2nccn2)cc1)c1ccc2c(c1)NC(=O)c1ccccc1S2(=O)=O. The third kappa shape index (κ3) is 3.76. The maximum Gasteiger partial charge on any atom is 0.257 e. The normalized spacial score (nSPS) is 13.9. The van der Waals surface area contributed by atoms with Crippen LogP contribution in [0.3, 0.4) is 0 Å². The van der Waals surface area contributed by atoms with E-state index in [1.54, 1.807) is 24.5 Å². The topological polar surface area (TPSA) is 123 Å². The van der Waals surface area contributed by atoms with Crippen LogP contribution in [-0.4, -0.2) is 35.2 Å². The summed E-state index contributed by atoms with van der Waals surface area (Å²) in [6.45, 7) is 0.263. The van der Waals surface area contributed by atoms with Gasteiger partial charge in [-0.25, -0.2) is 8.42 Å². The van der Waals surface area contributed by atoms with Crippen LogP contribution in [-0.2, 0) is 16.4 Å². The van der Waals surface area contributed by atoms with Gasteiger partial charge in [0, 0.05) is 12.1 Å². The van der Waals surface area contributed by atoms with Crippen LogP contribution >= 0.6 is 0 Å². The molecule has 0 fully saturated rings. The summed E-state index contributed by atoms with van der Waals surface area (Å²) in [5.41, 5.74) is 2.01. The highest BCUT2D eigenvalue weighted by molar-refractivity contribution is 7.91. The zero-order chi connectivity index (χ0) is 23.0. The number of carbonyl (C=O) groups excluding carboxylic acids is 2. The van der Waals surface area contributed by atoms with Crippen molar-refractivity contribution in [2.75, 3.05) is 5.32 Å². The van der Waals surface area contributed by atoms with Gasteiger partial charge in [0.25, 0.3) is 11.8 Å². The largest absolute Gasteiger partial charge is 0.348 e. The fraction of sp³-hybridized carbons (Fsp3) is 0.0435. The third-order valence-electron chi connectivity index (χ3n) is 5.24. The summed E-state index contributed by atoms with van der Waals surface area (Å²) in [6.07, 6.45) is 3.17. The molecule has 33 heavy (non-hydrogen) atoms. The Labute approximate surface area is 189 Å². The number of rotatable bonds is 4. The molecule has 3 aromatic carbocycles. The summed E-state index contributed by atoms with van der Waals surface area (Å²) in [5.74, 6) is -0.943. The van der Waals surface area contributed by atoms with Crippen LogP contribution in [0.5, 0.6) is 0 Å². The Bertz CT molecular complexity index is 1480. The molecule has 2 heterocycles. The second kappa shape index (κ2) is 7.99. The molecule has 0 radical (unpaired) electrons. The number of amides is 2. The Morgan fingerprint density at radius 2 is 1.67 bits per heavy atom. The minimum absolute atomic E-state index is 0.0554. The summed E-state index contributed by atoms with van der Waals surface area (Å²) < 4.78 is 26.1. The van der Waals surface area contributed by atoms with Crippen molar-refractivity contribution in [1.29, 1.82) is 0 Å². The lowest BCUT2D eigenvalue weighted by Gasteiger charge is -2.10. The van der Waals surface area contributed by atoms with Crippen molar-refractivity contribution >= 4 is 27.3 Å². The highest BCUT2D eigenvalue weighted by Crippen LogP contribution is 2.34. The van der Waals surface area contributed by atoms with Gasteiger partial charge in [-0.3, -0.25) is 9.59 Å². The summed E-state index contributed by atoms with van der Waals surface area (Å²) in [5, 5.41) is 13.5. The minimum Gasteiger partial charge on any atom is -0.348 e. The Kier molecular flexibility index (Phi) is 4.98. The van der Waals surface area contributed by atoms with Gasteiger partial charge in [0.2, 0.25) is 9.84 Å². The van der Waals surface area contributed by atoms with Crippen LogP contribution in [0.25, 0.3) is 5.69 Å². The summed E-state index contributed by atoms with van der Waals surface area (Å²) in [7, 11) is -3.92. The standard InChI is InChI=1S/C23H17N5O4S/c29-22(24-14-15-5-8-17(9-6-15)28-25-11-12-26-28)16-7-10-21-19(13-16)27-23(30)18-3-1-2-4-20(18)33(21,31)32/h1-13H,14H2,(H,24,29)(H,27,30). The molecule has 2 amide bonds. The van der Waals surface area contributed by atoms with E-state index < -0.39 is 21.7 Å². The van der Waals surface area contributed by atoms with Crippen LogP contribution in [0.4, 0.5) is 5.69 Å². The maximum absolute atomic E-state index is 13.1. The fourth-order valence-electron chi connectivity index (χ4n) is 3.58. The van der Waals surface area contributed by atoms with E-state index in [-0.39, 0.29) is 33.2 Å². The average molecular weight is 459 g/mol. The molecule has 1 aromatic heterocycles. The van der Waals surface area contributed by atoms with E-state index >= 15 is 0 Å². The number of hydrogen-bond acceptors (Lipinski definition) is 6. The molecule has 5 rings (SSSR count). The van der Waals surface area contributed by atoms with E-state index in [1.165, 1.54) is 35.1 Å². The fourth-order valence-corrected chi connectivity index (χ4v) is 5.17. The first-order valence-electron chi connectivity index (χ1n) is 9.97. The van der Waals surface area contributed by atoms with Crippen LogP contribution in [0.2, 0.25) is 0 Å². The molecule has 0 unspecified atom stereocenters. The van der Waals surface area contributed by atoms with Crippen LogP contribution in [0, 0.1) is 0 Å². The lowest BCUT2D eigenvalue weighted by atomic mass is 10.1. The Morgan fingerprint density at radius 3 is 2.42 bits per heavy atom. The van der Waals surface area contributed by atoms with Crippen LogP contribution in [0.1, 0.15) is 26.3 Å². The molecular formula is C23H17N5O4S. The number of sulfone groups is 1. The Hall–Kier alpha value is -4.31. The number of carbonyl (C=O) groups is 2.